The standard InChI is InChI=1S/C25H24F2N6O2/c1-15-9-17(14-34)10-16(2)33(15)25-20(27)12-28-24(29-25)22-11-23(21-7-8-35-31-21)32(30-22)13-18-5-3-4-6-19(18)26/h3-8,11-12,16-17,34H,1,9-10,13-14H2,2H3/t16-,17?/m1/s1. The van der Waals surface area contributed by atoms with Gasteiger partial charge in [-0.15, -0.1) is 0 Å². The average Bonchev–Trinajstić information content (AvgIpc) is 3.51. The van der Waals surface area contributed by atoms with Crippen molar-refractivity contribution in [1.82, 2.24) is 24.9 Å². The molecule has 0 amide bonds. The molecule has 1 aromatic carbocycles. The van der Waals surface area contributed by atoms with Crippen LogP contribution in [0.15, 0.2) is 65.7 Å². The highest BCUT2D eigenvalue weighted by atomic mass is 19.1. The van der Waals surface area contributed by atoms with Crippen LogP contribution in [0.5, 0.6) is 0 Å². The lowest BCUT2D eigenvalue weighted by atomic mass is 9.90. The normalized spacial score (nSPS) is 18.3. The minimum Gasteiger partial charge on any atom is -0.396 e. The zero-order valence-corrected chi connectivity index (χ0v) is 19.1. The van der Waals surface area contributed by atoms with Crippen molar-refractivity contribution in [3.63, 3.8) is 0 Å². The van der Waals surface area contributed by atoms with Gasteiger partial charge in [0.05, 0.1) is 18.4 Å². The molecular formula is C25H24F2N6O2. The molecule has 1 N–H and O–H groups in total. The Balaban J connectivity index is 1.54. The lowest BCUT2D eigenvalue weighted by Crippen LogP contribution is -2.40. The number of aromatic nitrogens is 5. The lowest BCUT2D eigenvalue weighted by Gasteiger charge is -2.39. The molecule has 180 valence electrons. The third-order valence-electron chi connectivity index (χ3n) is 6.18. The van der Waals surface area contributed by atoms with Gasteiger partial charge in [0.2, 0.25) is 0 Å². The van der Waals surface area contributed by atoms with Crippen LogP contribution in [0.2, 0.25) is 0 Å². The predicted octanol–water partition coefficient (Wildman–Crippen LogP) is 4.43. The smallest absolute Gasteiger partial charge is 0.184 e. The van der Waals surface area contributed by atoms with Crippen LogP contribution in [0.25, 0.3) is 22.9 Å². The third kappa shape index (κ3) is 4.44. The molecule has 1 aliphatic heterocycles. The SMILES string of the molecule is C=C1CC(CO)C[C@@H](C)N1c1nc(-c2cc(-c3ccon3)n(Cc3ccccc3F)n2)ncc1F. The van der Waals surface area contributed by atoms with Crippen molar-refractivity contribution >= 4 is 5.82 Å². The summed E-state index contributed by atoms with van der Waals surface area (Å²) in [6.45, 7) is 6.23. The monoisotopic (exact) mass is 478 g/mol. The van der Waals surface area contributed by atoms with Crippen LogP contribution in [-0.4, -0.2) is 42.7 Å². The number of benzene rings is 1. The van der Waals surface area contributed by atoms with Gasteiger partial charge in [-0.1, -0.05) is 29.9 Å². The summed E-state index contributed by atoms with van der Waals surface area (Å²) in [7, 11) is 0. The van der Waals surface area contributed by atoms with E-state index in [1.807, 2.05) is 6.92 Å². The molecule has 5 rings (SSSR count). The summed E-state index contributed by atoms with van der Waals surface area (Å²) in [4.78, 5) is 10.4. The molecule has 8 nitrogen and oxygen atoms in total. The van der Waals surface area contributed by atoms with Crippen molar-refractivity contribution < 1.29 is 18.4 Å². The molecule has 1 saturated heterocycles. The summed E-state index contributed by atoms with van der Waals surface area (Å²) in [5.74, 6) is -0.531. The van der Waals surface area contributed by atoms with Crippen molar-refractivity contribution in [2.45, 2.75) is 32.4 Å². The van der Waals surface area contributed by atoms with Gasteiger partial charge in [0.25, 0.3) is 0 Å². The molecule has 4 aromatic rings. The Hall–Kier alpha value is -3.92. The number of allylic oxidation sites excluding steroid dienone is 1. The minimum atomic E-state index is -0.577. The molecule has 0 saturated carbocycles. The summed E-state index contributed by atoms with van der Waals surface area (Å²) < 4.78 is 35.8. The zero-order valence-electron chi connectivity index (χ0n) is 19.1. The van der Waals surface area contributed by atoms with Gasteiger partial charge in [-0.3, -0.25) is 4.68 Å². The molecule has 10 heteroatoms. The van der Waals surface area contributed by atoms with Crippen LogP contribution in [0, 0.1) is 17.6 Å². The highest BCUT2D eigenvalue weighted by Gasteiger charge is 2.31. The topological polar surface area (TPSA) is 93.1 Å². The number of rotatable bonds is 6. The molecule has 2 atom stereocenters. The van der Waals surface area contributed by atoms with E-state index in [4.69, 9.17) is 4.52 Å². The quantitative estimate of drug-likeness (QED) is 0.438. The summed E-state index contributed by atoms with van der Waals surface area (Å²) >= 11 is 0. The average molecular weight is 479 g/mol. The van der Waals surface area contributed by atoms with Crippen molar-refractivity contribution in [3.05, 3.63) is 78.3 Å². The maximum atomic E-state index is 14.9. The second kappa shape index (κ2) is 9.38. The summed E-state index contributed by atoms with van der Waals surface area (Å²) in [6.07, 6.45) is 3.78. The van der Waals surface area contributed by atoms with Gasteiger partial charge >= 0.3 is 0 Å². The summed E-state index contributed by atoms with van der Waals surface area (Å²) in [5.41, 5.74) is 2.59. The van der Waals surface area contributed by atoms with E-state index in [0.717, 1.165) is 6.20 Å². The second-order valence-electron chi connectivity index (χ2n) is 8.69. The number of hydrogen-bond donors (Lipinski definition) is 1. The fourth-order valence-corrected chi connectivity index (χ4v) is 4.55. The van der Waals surface area contributed by atoms with Crippen LogP contribution in [-0.2, 0) is 6.54 Å². The number of nitrogens with zero attached hydrogens (tertiary/aromatic N) is 6. The predicted molar refractivity (Wildman–Crippen MR) is 125 cm³/mol. The molecule has 1 unspecified atom stereocenters. The van der Waals surface area contributed by atoms with Crippen LogP contribution in [0.3, 0.4) is 0 Å². The molecule has 1 fully saturated rings. The first-order valence-electron chi connectivity index (χ1n) is 11.3. The highest BCUT2D eigenvalue weighted by Crippen LogP contribution is 2.35. The maximum absolute atomic E-state index is 14.9. The number of piperidine rings is 1. The van der Waals surface area contributed by atoms with Gasteiger partial charge in [-0.05, 0) is 37.8 Å². The van der Waals surface area contributed by atoms with Gasteiger partial charge in [0.15, 0.2) is 17.5 Å². The Morgan fingerprint density at radius 3 is 2.71 bits per heavy atom. The Morgan fingerprint density at radius 1 is 1.17 bits per heavy atom. The van der Waals surface area contributed by atoms with Crippen LogP contribution in [0.1, 0.15) is 25.3 Å². The van der Waals surface area contributed by atoms with Gasteiger partial charge in [0, 0.05) is 30.0 Å². The van der Waals surface area contributed by atoms with E-state index in [0.29, 0.717) is 41.2 Å². The van der Waals surface area contributed by atoms with Crippen LogP contribution in [0.4, 0.5) is 14.6 Å². The van der Waals surface area contributed by atoms with Crippen LogP contribution < -0.4 is 4.90 Å². The highest BCUT2D eigenvalue weighted by molar-refractivity contribution is 5.64. The third-order valence-corrected chi connectivity index (χ3v) is 6.18. The Bertz CT molecular complexity index is 1350. The number of hydrogen-bond acceptors (Lipinski definition) is 7. The Morgan fingerprint density at radius 2 is 2.00 bits per heavy atom. The maximum Gasteiger partial charge on any atom is 0.184 e. The van der Waals surface area contributed by atoms with Crippen molar-refractivity contribution in [2.24, 2.45) is 5.92 Å². The van der Waals surface area contributed by atoms with E-state index in [-0.39, 0.29) is 42.6 Å². The van der Waals surface area contributed by atoms with Gasteiger partial charge in [-0.25, -0.2) is 18.7 Å². The number of aliphatic hydroxyl groups excluding tert-OH is 1. The van der Waals surface area contributed by atoms with Crippen molar-refractivity contribution in [3.8, 4) is 22.9 Å². The number of anilines is 1. The van der Waals surface area contributed by atoms with E-state index < -0.39 is 5.82 Å². The molecule has 0 radical (unpaired) electrons. The molecule has 4 heterocycles. The first-order chi connectivity index (χ1) is 16.9. The first kappa shape index (κ1) is 22.9. The first-order valence-corrected chi connectivity index (χ1v) is 11.3. The molecule has 0 bridgehead atoms. The fraction of sp³-hybridized carbons (Fsp3) is 0.280. The Labute approximate surface area is 200 Å². The second-order valence-corrected chi connectivity index (χ2v) is 8.69. The molecule has 3 aromatic heterocycles. The summed E-state index contributed by atoms with van der Waals surface area (Å²) in [6, 6.07) is 9.73. The number of aliphatic hydroxyl groups is 1. The fourth-order valence-electron chi connectivity index (χ4n) is 4.55. The molecule has 0 aliphatic carbocycles. The molecule has 0 spiro atoms. The van der Waals surface area contributed by atoms with E-state index in [1.165, 1.54) is 12.3 Å². The minimum absolute atomic E-state index is 0.0545. The summed E-state index contributed by atoms with van der Waals surface area (Å²) in [5, 5.41) is 18.1. The lowest BCUT2D eigenvalue weighted by molar-refractivity contribution is 0.200. The van der Waals surface area contributed by atoms with Gasteiger partial charge in [-0.2, -0.15) is 5.10 Å². The molecular weight excluding hydrogens is 454 g/mol. The van der Waals surface area contributed by atoms with Gasteiger partial charge < -0.3 is 14.5 Å². The van der Waals surface area contributed by atoms with Crippen molar-refractivity contribution in [1.29, 1.82) is 0 Å². The van der Waals surface area contributed by atoms with E-state index >= 15 is 0 Å². The molecule has 1 aliphatic rings. The van der Waals surface area contributed by atoms with Crippen LogP contribution >= 0.6 is 0 Å². The van der Waals surface area contributed by atoms with E-state index in [9.17, 15) is 13.9 Å². The van der Waals surface area contributed by atoms with E-state index in [1.54, 1.807) is 39.9 Å². The van der Waals surface area contributed by atoms with E-state index in [2.05, 4.69) is 26.8 Å². The molecule has 35 heavy (non-hydrogen) atoms. The number of halogens is 2. The van der Waals surface area contributed by atoms with Crippen molar-refractivity contribution in [2.75, 3.05) is 11.5 Å². The zero-order chi connectivity index (χ0) is 24.5. The Kier molecular flexibility index (Phi) is 6.12. The largest absolute Gasteiger partial charge is 0.396 e. The van der Waals surface area contributed by atoms with Gasteiger partial charge in [0.1, 0.15) is 23.5 Å².